The topological polar surface area (TPSA) is 34.1 Å². The van der Waals surface area contributed by atoms with Crippen molar-refractivity contribution in [2.75, 3.05) is 0 Å². The van der Waals surface area contributed by atoms with Gasteiger partial charge in [-0.25, -0.2) is 0 Å². The summed E-state index contributed by atoms with van der Waals surface area (Å²) in [6.07, 6.45) is 0.278. The molecule has 7 heavy (non-hydrogen) atoms. The number of carbonyl (C=O) groups excluding carboxylic acids is 2. The molecule has 0 N–H and O–H groups in total. The maximum Gasteiger partial charge on any atom is 0.192 e. The summed E-state index contributed by atoms with van der Waals surface area (Å²) in [5, 5.41) is 0. The van der Waals surface area contributed by atoms with Crippen molar-refractivity contribution in [2.45, 2.75) is 6.92 Å². The third-order valence-electron chi connectivity index (χ3n) is 0.166. The van der Waals surface area contributed by atoms with E-state index in [0.29, 0.717) is 0 Å². The van der Waals surface area contributed by atoms with E-state index in [2.05, 4.69) is 0 Å². The fourth-order valence-electron chi connectivity index (χ4n) is 0. The first kappa shape index (κ1) is 15.7. The summed E-state index contributed by atoms with van der Waals surface area (Å²) in [5.41, 5.74) is 0. The number of ketones is 1. The zero-order valence-electron chi connectivity index (χ0n) is 3.80. The second-order valence-electron chi connectivity index (χ2n) is 0.729. The van der Waals surface area contributed by atoms with Crippen LogP contribution in [-0.4, -0.2) is 29.1 Å². The van der Waals surface area contributed by atoms with Crippen LogP contribution in [0.1, 0.15) is 6.92 Å². The van der Waals surface area contributed by atoms with Gasteiger partial charge in [0.1, 0.15) is 0 Å². The summed E-state index contributed by atoms with van der Waals surface area (Å²) >= 11 is 0. The van der Waals surface area contributed by atoms with Crippen LogP contribution in [0.15, 0.2) is 0 Å². The van der Waals surface area contributed by atoms with Crippen molar-refractivity contribution in [3.63, 3.8) is 0 Å². The fourth-order valence-corrected chi connectivity index (χ4v) is 0. The molecule has 0 rings (SSSR count). The summed E-state index contributed by atoms with van der Waals surface area (Å²) in [6, 6.07) is 0. The second-order valence-corrected chi connectivity index (χ2v) is 0.729. The minimum atomic E-state index is -0.426. The van der Waals surface area contributed by atoms with Gasteiger partial charge in [-0.1, -0.05) is 0 Å². The number of hydrogen-bond acceptors (Lipinski definition) is 2. The van der Waals surface area contributed by atoms with Crippen molar-refractivity contribution in [1.82, 2.24) is 0 Å². The first-order chi connectivity index (χ1) is 2.27. The van der Waals surface area contributed by atoms with Crippen molar-refractivity contribution < 1.29 is 9.59 Å². The molecule has 4 heteroatoms. The van der Waals surface area contributed by atoms with E-state index in [9.17, 15) is 4.79 Å². The Kier molecular flexibility index (Phi) is 21.3. The minimum Gasteiger partial charge on any atom is -1.00 e. The molecule has 43 valence electrons. The number of aldehydes is 1. The van der Waals surface area contributed by atoms with Gasteiger partial charge in [0, 0.05) is 6.92 Å². The van der Waals surface area contributed by atoms with Gasteiger partial charge in [0.15, 0.2) is 12.1 Å². The van der Waals surface area contributed by atoms with Gasteiger partial charge < -0.3 is 17.1 Å². The van der Waals surface area contributed by atoms with Crippen LogP contribution < -0.4 is 0 Å². The third kappa shape index (κ3) is 22.5. The summed E-state index contributed by atoms with van der Waals surface area (Å²) in [6.45, 7) is 1.22. The molecule has 0 fully saturated rings. The van der Waals surface area contributed by atoms with Crippen molar-refractivity contribution >= 4 is 42.6 Å². The maximum absolute atomic E-state index is 9.44. The third-order valence-corrected chi connectivity index (χ3v) is 0.166. The fraction of sp³-hybridized carbons (Fsp3) is 0.333. The van der Waals surface area contributed by atoms with E-state index in [4.69, 9.17) is 4.79 Å². The summed E-state index contributed by atoms with van der Waals surface area (Å²) in [7, 11) is 0. The average molecular weight is 185 g/mol. The van der Waals surface area contributed by atoms with E-state index < -0.39 is 5.78 Å². The van der Waals surface area contributed by atoms with Gasteiger partial charge in [0.2, 0.25) is 0 Å². The smallest absolute Gasteiger partial charge is 0.192 e. The van der Waals surface area contributed by atoms with Crippen LogP contribution in [-0.2, 0) is 9.59 Å². The molecule has 0 unspecified atom stereocenters. The molecular formula is C3H6O2SSe-. The van der Waals surface area contributed by atoms with Crippen molar-refractivity contribution in [2.24, 2.45) is 0 Å². The first-order valence-electron chi connectivity index (χ1n) is 1.23. The van der Waals surface area contributed by atoms with E-state index in [1.807, 2.05) is 0 Å². The van der Waals surface area contributed by atoms with E-state index in [1.54, 1.807) is 0 Å². The van der Waals surface area contributed by atoms with E-state index in [-0.39, 0.29) is 36.9 Å². The normalized spacial score (nSPS) is 4.71. The maximum atomic E-state index is 9.44. The predicted molar refractivity (Wildman–Crippen MR) is 32.9 cm³/mol. The van der Waals surface area contributed by atoms with E-state index >= 15 is 0 Å². The second kappa shape index (κ2) is 9.51. The molecule has 0 aromatic rings. The molecule has 0 aliphatic rings. The number of carbonyl (C=O) groups is 2. The average Bonchev–Trinajstić information content (AvgIpc) is 1.38. The zero-order chi connectivity index (χ0) is 4.28. The Hall–Kier alpha value is 0.209. The van der Waals surface area contributed by atoms with Crippen LogP contribution in [0.2, 0.25) is 0 Å². The zero-order valence-corrected chi connectivity index (χ0v) is 6.52. The van der Waals surface area contributed by atoms with Crippen LogP contribution in [0.4, 0.5) is 0 Å². The molecule has 0 bridgehead atoms. The molecule has 0 amide bonds. The van der Waals surface area contributed by atoms with Crippen molar-refractivity contribution in [3.8, 4) is 0 Å². The molecule has 2 nitrogen and oxygen atoms in total. The molecule has 0 heterocycles. The Labute approximate surface area is 59.6 Å². The van der Waals surface area contributed by atoms with E-state index in [1.165, 1.54) is 6.92 Å². The summed E-state index contributed by atoms with van der Waals surface area (Å²) in [4.78, 5) is 18.6. The number of rotatable bonds is 1. The number of Topliss-reactive ketones (excluding diaryl/α,β-unsaturated/α-hetero) is 1. The molecule has 0 aliphatic carbocycles. The van der Waals surface area contributed by atoms with Gasteiger partial charge >= 0.3 is 0 Å². The molecule has 0 aliphatic heterocycles. The van der Waals surface area contributed by atoms with Crippen LogP contribution in [0.5, 0.6) is 0 Å². The standard InChI is InChI=1S/C3H4O2.H2S.Se/c1-3(5)2-4;;/h2H,1H3;1H2;/q;;-1. The van der Waals surface area contributed by atoms with Gasteiger partial charge in [0.05, 0.1) is 0 Å². The first-order valence-corrected chi connectivity index (χ1v) is 1.23. The molecule has 0 aromatic carbocycles. The Morgan fingerprint density at radius 3 is 1.71 bits per heavy atom. The van der Waals surface area contributed by atoms with Gasteiger partial charge in [-0.05, 0) is 0 Å². The van der Waals surface area contributed by atoms with Gasteiger partial charge in [-0.2, -0.15) is 13.5 Å². The molecule has 0 saturated heterocycles. The van der Waals surface area contributed by atoms with Gasteiger partial charge in [-0.15, -0.1) is 0 Å². The molecule has 0 saturated carbocycles. The quantitative estimate of drug-likeness (QED) is 0.313. The molecule has 0 aromatic heterocycles. The summed E-state index contributed by atoms with van der Waals surface area (Å²) < 4.78 is 0. The SMILES string of the molecule is CC(=O)C=O.S.[Se-]. The summed E-state index contributed by atoms with van der Waals surface area (Å²) in [5.74, 6) is -0.426. The monoisotopic (exact) mass is 186 g/mol. The van der Waals surface area contributed by atoms with Crippen molar-refractivity contribution in [1.29, 1.82) is 0 Å². The molecule has 0 atom stereocenters. The van der Waals surface area contributed by atoms with Crippen LogP contribution in [0, 0.1) is 0 Å². The predicted octanol–water partition coefficient (Wildman–Crippen LogP) is -0.494. The van der Waals surface area contributed by atoms with E-state index in [0.717, 1.165) is 0 Å². The largest absolute Gasteiger partial charge is 1.00 e. The molecular weight excluding hydrogens is 179 g/mol. The van der Waals surface area contributed by atoms with Crippen LogP contribution in [0.25, 0.3) is 0 Å². The van der Waals surface area contributed by atoms with Crippen LogP contribution >= 0.6 is 13.5 Å². The Morgan fingerprint density at radius 2 is 1.71 bits per heavy atom. The van der Waals surface area contributed by atoms with Gasteiger partial charge in [-0.3, -0.25) is 9.59 Å². The van der Waals surface area contributed by atoms with Crippen molar-refractivity contribution in [3.05, 3.63) is 0 Å². The molecule has 1 radical (unpaired) electrons. The Morgan fingerprint density at radius 1 is 1.57 bits per heavy atom. The molecule has 0 spiro atoms. The number of hydrogen-bond donors (Lipinski definition) is 0. The van der Waals surface area contributed by atoms with Gasteiger partial charge in [0.25, 0.3) is 0 Å². The Balaban J connectivity index is -0.0000000800. The minimum absolute atomic E-state index is 0. The van der Waals surface area contributed by atoms with Crippen LogP contribution in [0.3, 0.4) is 0 Å². The Bertz CT molecular complexity index is 64.0.